The molecule has 1 rings (SSSR count). The average Bonchev–Trinajstić information content (AvgIpc) is 2.08. The highest BCUT2D eigenvalue weighted by molar-refractivity contribution is 14.1. The Morgan fingerprint density at radius 3 is 3.00 bits per heavy atom. The van der Waals surface area contributed by atoms with Crippen molar-refractivity contribution in [2.24, 2.45) is 0 Å². The summed E-state index contributed by atoms with van der Waals surface area (Å²) in [5.41, 5.74) is 0. The highest BCUT2D eigenvalue weighted by atomic mass is 127. The molecule has 0 N–H and O–H groups in total. The third-order valence-electron chi connectivity index (χ3n) is 0.694. The topological polar surface area (TPSA) is 0 Å². The Morgan fingerprint density at radius 2 is 2.33 bits per heavy atom. The number of benzene rings is 1. The van der Waals surface area contributed by atoms with Crippen molar-refractivity contribution < 1.29 is 4.11 Å². The van der Waals surface area contributed by atoms with Gasteiger partial charge in [-0.2, -0.15) is 0 Å². The molecule has 0 aliphatic heterocycles. The van der Waals surface area contributed by atoms with Gasteiger partial charge in [0.25, 0.3) is 0 Å². The predicted molar refractivity (Wildman–Crippen MR) is 51.9 cm³/mol. The molecule has 0 saturated carbocycles. The van der Waals surface area contributed by atoms with Crippen LogP contribution in [0.1, 0.15) is 4.11 Å². The second-order valence-corrected chi connectivity index (χ2v) is 3.57. The smallest absolute Gasteiger partial charge is 0.0646 e. The molecule has 0 radical (unpaired) electrons. The van der Waals surface area contributed by atoms with Crippen LogP contribution in [0.3, 0.4) is 0 Å². The molecule has 1 aromatic rings. The summed E-state index contributed by atoms with van der Waals surface area (Å²) in [7, 11) is 0. The van der Waals surface area contributed by atoms with E-state index in [4.69, 9.17) is 15.7 Å². The minimum absolute atomic E-state index is 0.0367. The van der Waals surface area contributed by atoms with Gasteiger partial charge in [0.1, 0.15) is 0 Å². The van der Waals surface area contributed by atoms with Crippen LogP contribution in [-0.4, -0.2) is 0 Å². The zero-order chi connectivity index (χ0) is 9.46. The zero-order valence-corrected chi connectivity index (χ0v) is 8.63. The molecular weight excluding hydrogens is 314 g/mol. The highest BCUT2D eigenvalue weighted by Gasteiger charge is 1.94. The van der Waals surface area contributed by atoms with Gasteiger partial charge < -0.3 is 0 Å². The largest absolute Gasteiger partial charge is 0.0832 e. The first-order valence-electron chi connectivity index (χ1n) is 3.57. The molecule has 1 aromatic carbocycles. The molecule has 9 heavy (non-hydrogen) atoms. The summed E-state index contributed by atoms with van der Waals surface area (Å²) < 4.78 is 23.1. The first-order valence-corrected chi connectivity index (χ1v) is 4.32. The van der Waals surface area contributed by atoms with E-state index >= 15 is 0 Å². The van der Waals surface area contributed by atoms with Crippen LogP contribution in [0.2, 0.25) is 5.02 Å². The van der Waals surface area contributed by atoms with E-state index in [1.165, 1.54) is 0 Å². The van der Waals surface area contributed by atoms with E-state index in [1.807, 2.05) is 22.6 Å². The molecule has 0 aromatic heterocycles. The monoisotopic (exact) mass is 319 g/mol. The summed E-state index contributed by atoms with van der Waals surface area (Å²) in [5, 5.41) is 0.175. The number of hydrogen-bond donors (Lipinski definition) is 0. The van der Waals surface area contributed by atoms with Gasteiger partial charge in [-0.1, -0.05) is 27.5 Å². The molecule has 0 saturated heterocycles. The van der Waals surface area contributed by atoms with Crippen molar-refractivity contribution in [2.75, 3.05) is 0 Å². The lowest BCUT2D eigenvalue weighted by atomic mass is 10.4. The molecule has 0 aliphatic carbocycles. The average molecular weight is 320 g/mol. The van der Waals surface area contributed by atoms with Gasteiger partial charge in [0.05, 0.1) is 9.13 Å². The second-order valence-electron chi connectivity index (χ2n) is 1.32. The van der Waals surface area contributed by atoms with Gasteiger partial charge in [-0.05, 0) is 40.7 Å². The van der Waals surface area contributed by atoms with Gasteiger partial charge in [-0.15, -0.1) is 0 Å². The van der Waals surface area contributed by atoms with Crippen molar-refractivity contribution in [2.45, 2.75) is 0 Å². The summed E-state index contributed by atoms with van der Waals surface area (Å²) in [6.07, 6.45) is 0. The van der Waals surface area contributed by atoms with Crippen molar-refractivity contribution in [3.05, 3.63) is 31.2 Å². The van der Waals surface area contributed by atoms with Crippen molar-refractivity contribution in [1.29, 1.82) is 0 Å². The normalized spacial score (nSPS) is 14.3. The van der Waals surface area contributed by atoms with E-state index in [9.17, 15) is 0 Å². The van der Waals surface area contributed by atoms with Crippen LogP contribution in [0.15, 0.2) is 22.6 Å². The van der Waals surface area contributed by atoms with Crippen LogP contribution in [0.4, 0.5) is 0 Å². The molecule has 3 heteroatoms. The van der Waals surface area contributed by atoms with Crippen molar-refractivity contribution >= 4 is 50.1 Å². The molecule has 0 aliphatic rings. The first kappa shape index (κ1) is 4.57. The van der Waals surface area contributed by atoms with E-state index in [2.05, 4.69) is 15.9 Å². The van der Waals surface area contributed by atoms with E-state index in [-0.39, 0.29) is 23.1 Å². The Morgan fingerprint density at radius 1 is 1.67 bits per heavy atom. The lowest BCUT2D eigenvalue weighted by molar-refractivity contribution is 1.60. The highest BCUT2D eigenvalue weighted by Crippen LogP contribution is 2.21. The summed E-state index contributed by atoms with van der Waals surface area (Å²) in [4.78, 5) is 0. The molecule has 0 heterocycles. The molecule has 0 spiro atoms. The Kier molecular flexibility index (Phi) is 1.63. The van der Waals surface area contributed by atoms with E-state index < -0.39 is 0 Å². The molecule has 48 valence electrons. The van der Waals surface area contributed by atoms with Crippen LogP contribution in [0.5, 0.6) is 0 Å². The summed E-state index contributed by atoms with van der Waals surface area (Å²) in [5.74, 6) is 0. The molecule has 0 unspecified atom stereocenters. The van der Waals surface area contributed by atoms with Gasteiger partial charge in [-0.25, -0.2) is 0 Å². The summed E-state index contributed by atoms with van der Waals surface area (Å²) in [6.45, 7) is 0. The maximum atomic E-state index is 7.48. The van der Waals surface area contributed by atoms with Crippen LogP contribution < -0.4 is 0 Å². The van der Waals surface area contributed by atoms with Crippen LogP contribution in [0, 0.1) is 3.57 Å². The third kappa shape index (κ3) is 2.09. The molecule has 0 atom stereocenters. The van der Waals surface area contributed by atoms with E-state index in [0.29, 0.717) is 8.04 Å². The number of rotatable bonds is 0. The van der Waals surface area contributed by atoms with Crippen molar-refractivity contribution in [3.8, 4) is 0 Å². The fraction of sp³-hybridized carbons (Fsp3) is 0. The van der Waals surface area contributed by atoms with E-state index in [0.717, 1.165) is 0 Å². The molecule has 0 amide bonds. The zero-order valence-electron chi connectivity index (χ0n) is 7.13. The van der Waals surface area contributed by atoms with Gasteiger partial charge in [0, 0.05) is 8.04 Å². The fourth-order valence-electron chi connectivity index (χ4n) is 0.347. The van der Waals surface area contributed by atoms with E-state index in [1.54, 1.807) is 0 Å². The lowest BCUT2D eigenvalue weighted by Crippen LogP contribution is -1.71. The van der Waals surface area contributed by atoms with Crippen molar-refractivity contribution in [3.63, 3.8) is 0 Å². The Hall–Kier alpha value is 0.720. The maximum Gasteiger partial charge on any atom is 0.0646 e. The van der Waals surface area contributed by atoms with Gasteiger partial charge in [0.15, 0.2) is 0 Å². The molecule has 0 nitrogen and oxygen atoms in total. The van der Waals surface area contributed by atoms with Crippen LogP contribution in [-0.2, 0) is 0 Å². The minimum Gasteiger partial charge on any atom is -0.0832 e. The fourth-order valence-corrected chi connectivity index (χ4v) is 1.51. The van der Waals surface area contributed by atoms with Gasteiger partial charge in [-0.3, -0.25) is 0 Å². The third-order valence-corrected chi connectivity index (χ3v) is 2.50. The first-order chi connectivity index (χ1) is 5.46. The Labute approximate surface area is 85.1 Å². The van der Waals surface area contributed by atoms with Gasteiger partial charge in [0.2, 0.25) is 0 Å². The number of hydrogen-bond acceptors (Lipinski definition) is 0. The molecule has 0 bridgehead atoms. The van der Waals surface area contributed by atoms with Crippen molar-refractivity contribution in [1.82, 2.24) is 0 Å². The maximum absolute atomic E-state index is 7.48. The summed E-state index contributed by atoms with van der Waals surface area (Å²) in [6, 6.07) is 0.0935. The Balaban J connectivity index is 3.60. The van der Waals surface area contributed by atoms with Gasteiger partial charge >= 0.3 is 0 Å². The standard InChI is InChI=1S/C6H3BrClI/c7-4-1-2-5(8)6(9)3-4/h1-3H/i1D,2D,3D. The van der Waals surface area contributed by atoms with Crippen LogP contribution >= 0.6 is 50.1 Å². The van der Waals surface area contributed by atoms with Crippen LogP contribution in [0.25, 0.3) is 0 Å². The number of halogens is 3. The quantitative estimate of drug-likeness (QED) is 0.505. The predicted octanol–water partition coefficient (Wildman–Crippen LogP) is 3.71. The molecule has 0 fully saturated rings. The Bertz CT molecular complexity index is 237. The molecular formula is C6H3BrClI. The minimum atomic E-state index is -0.0380. The lowest BCUT2D eigenvalue weighted by Gasteiger charge is -1.93. The second kappa shape index (κ2) is 3.21. The summed E-state index contributed by atoms with van der Waals surface area (Å²) >= 11 is 10.6. The SMILES string of the molecule is [2H]c1c([2H])c(Br)c([2H])c(I)c1Cl.